The summed E-state index contributed by atoms with van der Waals surface area (Å²) < 4.78 is 0. The molecule has 0 unspecified atom stereocenters. The van der Waals surface area contributed by atoms with Gasteiger partial charge in [-0.05, 0) is 33.2 Å². The van der Waals surface area contributed by atoms with Gasteiger partial charge in [0.15, 0.2) is 11.6 Å². The van der Waals surface area contributed by atoms with E-state index in [0.29, 0.717) is 13.0 Å². The van der Waals surface area contributed by atoms with E-state index in [9.17, 15) is 9.59 Å². The number of carbonyl (C=O) groups excluding carboxylic acids is 2. The Morgan fingerprint density at radius 3 is 1.93 bits per heavy atom. The largest absolute Gasteiger partial charge is 0.330 e. The van der Waals surface area contributed by atoms with E-state index in [-0.39, 0.29) is 11.6 Å². The second-order valence-corrected chi connectivity index (χ2v) is 3.68. The molecule has 0 radical (unpaired) electrons. The van der Waals surface area contributed by atoms with Crippen molar-refractivity contribution < 1.29 is 9.59 Å². The third kappa shape index (κ3) is 3.55. The van der Waals surface area contributed by atoms with Crippen molar-refractivity contribution in [1.82, 2.24) is 0 Å². The summed E-state index contributed by atoms with van der Waals surface area (Å²) in [6.07, 6.45) is 3.02. The molecule has 0 aromatic carbocycles. The minimum atomic E-state index is -1.27. The quantitative estimate of drug-likeness (QED) is 0.459. The summed E-state index contributed by atoms with van der Waals surface area (Å²) >= 11 is 0. The van der Waals surface area contributed by atoms with Gasteiger partial charge < -0.3 is 11.5 Å². The summed E-state index contributed by atoms with van der Waals surface area (Å²) in [5.41, 5.74) is 9.80. The highest BCUT2D eigenvalue weighted by Crippen LogP contribution is 2.14. The van der Waals surface area contributed by atoms with Crippen molar-refractivity contribution in [2.24, 2.45) is 11.5 Å². The Labute approximate surface area is 85.0 Å². The lowest BCUT2D eigenvalue weighted by atomic mass is 9.86. The zero-order valence-electron chi connectivity index (χ0n) is 9.01. The number of Topliss-reactive ketones (excluding diaryl/α,β-unsaturated/α-hetero) is 2. The van der Waals surface area contributed by atoms with Crippen LogP contribution in [0.5, 0.6) is 0 Å². The molecule has 0 aliphatic rings. The maximum absolute atomic E-state index is 11.2. The zero-order chi connectivity index (χ0) is 11.2. The highest BCUT2D eigenvalue weighted by Gasteiger charge is 2.34. The first-order valence-electron chi connectivity index (χ1n) is 4.96. The van der Waals surface area contributed by atoms with Crippen LogP contribution < -0.4 is 11.5 Å². The lowest BCUT2D eigenvalue weighted by molar-refractivity contribution is -0.132. The van der Waals surface area contributed by atoms with Gasteiger partial charge in [-0.1, -0.05) is 12.8 Å². The fourth-order valence-electron chi connectivity index (χ4n) is 1.32. The topological polar surface area (TPSA) is 86.2 Å². The molecule has 0 aliphatic carbocycles. The van der Waals surface area contributed by atoms with Gasteiger partial charge in [-0.15, -0.1) is 0 Å². The predicted octanol–water partition coefficient (Wildman–Crippen LogP) is 0.381. The SMILES string of the molecule is CC(=O)C(N)(CCCCCN)C(C)=O. The molecule has 0 amide bonds. The van der Waals surface area contributed by atoms with Crippen molar-refractivity contribution in [2.45, 2.75) is 45.1 Å². The molecule has 0 spiro atoms. The summed E-state index contributed by atoms with van der Waals surface area (Å²) in [5, 5.41) is 0. The van der Waals surface area contributed by atoms with Crippen LogP contribution in [0.4, 0.5) is 0 Å². The van der Waals surface area contributed by atoms with E-state index < -0.39 is 5.54 Å². The molecular formula is C10H20N2O2. The first kappa shape index (κ1) is 13.3. The first-order chi connectivity index (χ1) is 6.45. The molecule has 0 fully saturated rings. The van der Waals surface area contributed by atoms with Crippen LogP contribution in [0.15, 0.2) is 0 Å². The molecule has 0 aliphatic heterocycles. The number of unbranched alkanes of at least 4 members (excludes halogenated alkanes) is 2. The number of ketones is 2. The Morgan fingerprint density at radius 1 is 1.07 bits per heavy atom. The monoisotopic (exact) mass is 200 g/mol. The molecule has 0 rings (SSSR count). The molecule has 4 heteroatoms. The fourth-order valence-corrected chi connectivity index (χ4v) is 1.32. The summed E-state index contributed by atoms with van der Waals surface area (Å²) in [4.78, 5) is 22.4. The van der Waals surface area contributed by atoms with Gasteiger partial charge in [-0.2, -0.15) is 0 Å². The van der Waals surface area contributed by atoms with E-state index in [2.05, 4.69) is 0 Å². The van der Waals surface area contributed by atoms with E-state index >= 15 is 0 Å². The molecular weight excluding hydrogens is 180 g/mol. The lowest BCUT2D eigenvalue weighted by Gasteiger charge is -2.23. The van der Waals surface area contributed by atoms with Crippen LogP contribution in [0.2, 0.25) is 0 Å². The maximum Gasteiger partial charge on any atom is 0.157 e. The molecule has 0 heterocycles. The van der Waals surface area contributed by atoms with Crippen LogP contribution in [0, 0.1) is 0 Å². The van der Waals surface area contributed by atoms with Crippen molar-refractivity contribution in [2.75, 3.05) is 6.54 Å². The maximum atomic E-state index is 11.2. The minimum Gasteiger partial charge on any atom is -0.330 e. The molecule has 0 bridgehead atoms. The van der Waals surface area contributed by atoms with Crippen molar-refractivity contribution in [3.05, 3.63) is 0 Å². The molecule has 0 saturated heterocycles. The van der Waals surface area contributed by atoms with Crippen LogP contribution in [-0.4, -0.2) is 23.7 Å². The average molecular weight is 200 g/mol. The Kier molecular flexibility index (Phi) is 5.57. The molecule has 4 N–H and O–H groups in total. The molecule has 0 aromatic rings. The highest BCUT2D eigenvalue weighted by molar-refractivity contribution is 6.09. The predicted molar refractivity (Wildman–Crippen MR) is 55.8 cm³/mol. The summed E-state index contributed by atoms with van der Waals surface area (Å²) in [6.45, 7) is 3.37. The van der Waals surface area contributed by atoms with E-state index in [1.54, 1.807) is 0 Å². The van der Waals surface area contributed by atoms with Gasteiger partial charge in [0.2, 0.25) is 0 Å². The first-order valence-corrected chi connectivity index (χ1v) is 4.96. The van der Waals surface area contributed by atoms with Crippen molar-refractivity contribution in [1.29, 1.82) is 0 Å². The molecule has 82 valence electrons. The summed E-state index contributed by atoms with van der Waals surface area (Å²) in [7, 11) is 0. The van der Waals surface area contributed by atoms with Gasteiger partial charge in [-0.25, -0.2) is 0 Å². The highest BCUT2D eigenvalue weighted by atomic mass is 16.2. The second kappa shape index (κ2) is 5.88. The van der Waals surface area contributed by atoms with Crippen molar-refractivity contribution >= 4 is 11.6 Å². The van der Waals surface area contributed by atoms with Crippen LogP contribution >= 0.6 is 0 Å². The Bertz CT molecular complexity index is 200. The van der Waals surface area contributed by atoms with Gasteiger partial charge in [0.1, 0.15) is 5.54 Å². The average Bonchev–Trinajstić information content (AvgIpc) is 2.11. The molecule has 0 saturated carbocycles. The van der Waals surface area contributed by atoms with Gasteiger partial charge in [0, 0.05) is 0 Å². The minimum absolute atomic E-state index is 0.252. The van der Waals surface area contributed by atoms with Crippen LogP contribution in [0.25, 0.3) is 0 Å². The van der Waals surface area contributed by atoms with Gasteiger partial charge in [0.05, 0.1) is 0 Å². The van der Waals surface area contributed by atoms with Gasteiger partial charge >= 0.3 is 0 Å². The van der Waals surface area contributed by atoms with E-state index in [4.69, 9.17) is 11.5 Å². The lowest BCUT2D eigenvalue weighted by Crippen LogP contribution is -2.52. The molecule has 0 atom stereocenters. The standard InChI is InChI=1S/C10H20N2O2/c1-8(13)10(12,9(2)14)6-4-3-5-7-11/h3-7,11-12H2,1-2H3. The van der Waals surface area contributed by atoms with Crippen LogP contribution in [0.3, 0.4) is 0 Å². The van der Waals surface area contributed by atoms with Crippen molar-refractivity contribution in [3.63, 3.8) is 0 Å². The van der Waals surface area contributed by atoms with Crippen LogP contribution in [0.1, 0.15) is 39.5 Å². The summed E-state index contributed by atoms with van der Waals surface area (Å²) in [6, 6.07) is 0. The van der Waals surface area contributed by atoms with Gasteiger partial charge in [-0.3, -0.25) is 9.59 Å². The number of hydrogen-bond donors (Lipinski definition) is 2. The normalized spacial score (nSPS) is 11.4. The van der Waals surface area contributed by atoms with Crippen molar-refractivity contribution in [3.8, 4) is 0 Å². The Hall–Kier alpha value is -0.740. The van der Waals surface area contributed by atoms with E-state index in [1.807, 2.05) is 0 Å². The number of nitrogens with two attached hydrogens (primary N) is 2. The second-order valence-electron chi connectivity index (χ2n) is 3.68. The van der Waals surface area contributed by atoms with Crippen LogP contribution in [-0.2, 0) is 9.59 Å². The molecule has 4 nitrogen and oxygen atoms in total. The molecule has 0 aromatic heterocycles. The summed E-state index contributed by atoms with van der Waals surface area (Å²) in [5.74, 6) is -0.504. The number of hydrogen-bond acceptors (Lipinski definition) is 4. The number of rotatable bonds is 7. The third-order valence-electron chi connectivity index (χ3n) is 2.53. The smallest absolute Gasteiger partial charge is 0.157 e. The third-order valence-corrected chi connectivity index (χ3v) is 2.53. The fraction of sp³-hybridized carbons (Fsp3) is 0.800. The molecule has 14 heavy (non-hydrogen) atoms. The number of carbonyl (C=O) groups is 2. The van der Waals surface area contributed by atoms with E-state index in [0.717, 1.165) is 19.3 Å². The van der Waals surface area contributed by atoms with Gasteiger partial charge in [0.25, 0.3) is 0 Å². The van der Waals surface area contributed by atoms with E-state index in [1.165, 1.54) is 13.8 Å². The Morgan fingerprint density at radius 2 is 1.57 bits per heavy atom. The zero-order valence-corrected chi connectivity index (χ0v) is 9.01. The Balaban J connectivity index is 4.12.